The Hall–Kier alpha value is -0.610. The van der Waals surface area contributed by atoms with Crippen molar-refractivity contribution in [3.8, 4) is 0 Å². The molecule has 0 aromatic rings. The van der Waals surface area contributed by atoms with Gasteiger partial charge in [0.05, 0.1) is 19.3 Å². The molecular formula is C17H28N2O2. The molecule has 4 aliphatic rings. The standard InChI is InChI=1S/C17H28N2O2/c1-11(17(20)19-5-7-21-8-6-19)18-16-10-12-9-15(16)14-4-2-3-13(12)14/h11-16,18H,2-10H2,1H3/t11-,12+,13-,14+,15-,16-/m1/s1. The van der Waals surface area contributed by atoms with E-state index in [1.807, 2.05) is 4.90 Å². The fraction of sp³-hybridized carbons (Fsp3) is 0.941. The van der Waals surface area contributed by atoms with Crippen LogP contribution in [0, 0.1) is 23.7 Å². The zero-order chi connectivity index (χ0) is 14.4. The van der Waals surface area contributed by atoms with E-state index in [-0.39, 0.29) is 11.9 Å². The Kier molecular flexibility index (Phi) is 3.70. The molecule has 4 nitrogen and oxygen atoms in total. The minimum atomic E-state index is -0.0349. The highest BCUT2D eigenvalue weighted by Crippen LogP contribution is 2.58. The van der Waals surface area contributed by atoms with Gasteiger partial charge in [-0.2, -0.15) is 0 Å². The summed E-state index contributed by atoms with van der Waals surface area (Å²) in [5.74, 6) is 4.06. The van der Waals surface area contributed by atoms with Gasteiger partial charge in [0, 0.05) is 19.1 Å². The maximum absolute atomic E-state index is 12.5. The van der Waals surface area contributed by atoms with E-state index in [9.17, 15) is 4.79 Å². The summed E-state index contributed by atoms with van der Waals surface area (Å²) in [5.41, 5.74) is 0. The highest BCUT2D eigenvalue weighted by Gasteiger charge is 2.53. The Morgan fingerprint density at radius 3 is 2.71 bits per heavy atom. The maximum atomic E-state index is 12.5. The van der Waals surface area contributed by atoms with Crippen molar-refractivity contribution >= 4 is 5.91 Å². The van der Waals surface area contributed by atoms with E-state index in [0.29, 0.717) is 19.3 Å². The number of nitrogens with one attached hydrogen (secondary N) is 1. The molecule has 0 unspecified atom stereocenters. The Balaban J connectivity index is 1.35. The number of hydrogen-bond donors (Lipinski definition) is 1. The molecule has 4 rings (SSSR count). The minimum Gasteiger partial charge on any atom is -0.378 e. The third-order valence-corrected chi connectivity index (χ3v) is 6.59. The number of nitrogens with zero attached hydrogens (tertiary/aromatic N) is 1. The smallest absolute Gasteiger partial charge is 0.239 e. The largest absolute Gasteiger partial charge is 0.378 e. The summed E-state index contributed by atoms with van der Waals surface area (Å²) >= 11 is 0. The number of amides is 1. The average Bonchev–Trinajstić information content (AvgIpc) is 3.19. The van der Waals surface area contributed by atoms with Crippen LogP contribution in [-0.4, -0.2) is 49.2 Å². The lowest BCUT2D eigenvalue weighted by Crippen LogP contribution is -2.53. The number of carbonyl (C=O) groups is 1. The van der Waals surface area contributed by atoms with Crippen molar-refractivity contribution in [2.24, 2.45) is 23.7 Å². The molecule has 1 amide bonds. The van der Waals surface area contributed by atoms with E-state index in [4.69, 9.17) is 4.74 Å². The fourth-order valence-electron chi connectivity index (χ4n) is 5.71. The molecule has 118 valence electrons. The summed E-state index contributed by atoms with van der Waals surface area (Å²) in [6, 6.07) is 0.557. The van der Waals surface area contributed by atoms with E-state index in [1.165, 1.54) is 32.1 Å². The van der Waals surface area contributed by atoms with E-state index < -0.39 is 0 Å². The predicted octanol–water partition coefficient (Wildman–Crippen LogP) is 1.65. The Morgan fingerprint density at radius 1 is 1.14 bits per heavy atom. The second-order valence-electron chi connectivity index (χ2n) is 7.59. The van der Waals surface area contributed by atoms with Crippen LogP contribution in [0.3, 0.4) is 0 Å². The Morgan fingerprint density at radius 2 is 1.90 bits per heavy atom. The van der Waals surface area contributed by atoms with E-state index >= 15 is 0 Å². The molecule has 2 bridgehead atoms. The lowest BCUT2D eigenvalue weighted by molar-refractivity contribution is -0.137. The normalized spacial score (nSPS) is 43.1. The number of morpholine rings is 1. The van der Waals surface area contributed by atoms with Gasteiger partial charge in [0.25, 0.3) is 0 Å². The molecule has 1 saturated heterocycles. The van der Waals surface area contributed by atoms with Crippen molar-refractivity contribution in [1.29, 1.82) is 0 Å². The van der Waals surface area contributed by atoms with Crippen molar-refractivity contribution in [3.05, 3.63) is 0 Å². The quantitative estimate of drug-likeness (QED) is 0.860. The van der Waals surface area contributed by atoms with Crippen molar-refractivity contribution in [1.82, 2.24) is 10.2 Å². The molecule has 3 aliphatic carbocycles. The Bertz CT molecular complexity index is 408. The first-order chi connectivity index (χ1) is 10.2. The Labute approximate surface area is 127 Å². The van der Waals surface area contributed by atoms with Crippen molar-refractivity contribution in [3.63, 3.8) is 0 Å². The van der Waals surface area contributed by atoms with E-state index in [1.54, 1.807) is 0 Å². The van der Waals surface area contributed by atoms with E-state index in [2.05, 4.69) is 12.2 Å². The van der Waals surface area contributed by atoms with E-state index in [0.717, 1.165) is 36.8 Å². The van der Waals surface area contributed by atoms with Crippen LogP contribution < -0.4 is 5.32 Å². The molecule has 4 heteroatoms. The van der Waals surface area contributed by atoms with Gasteiger partial charge in [-0.3, -0.25) is 4.79 Å². The lowest BCUT2D eigenvalue weighted by Gasteiger charge is -2.35. The highest BCUT2D eigenvalue weighted by molar-refractivity contribution is 5.81. The first-order valence-corrected chi connectivity index (χ1v) is 8.86. The molecule has 4 fully saturated rings. The number of ether oxygens (including phenoxy) is 1. The summed E-state index contributed by atoms with van der Waals surface area (Å²) in [5, 5.41) is 3.69. The topological polar surface area (TPSA) is 41.6 Å². The number of rotatable bonds is 3. The molecule has 3 saturated carbocycles. The first kappa shape index (κ1) is 14.0. The van der Waals surface area contributed by atoms with Gasteiger partial charge in [-0.25, -0.2) is 0 Å². The van der Waals surface area contributed by atoms with Crippen LogP contribution in [0.25, 0.3) is 0 Å². The third kappa shape index (κ3) is 2.40. The van der Waals surface area contributed by atoms with Crippen molar-refractivity contribution in [2.75, 3.05) is 26.3 Å². The summed E-state index contributed by atoms with van der Waals surface area (Å²) in [6.07, 6.45) is 7.09. The van der Waals surface area contributed by atoms with Gasteiger partial charge < -0.3 is 15.0 Å². The van der Waals surface area contributed by atoms with Gasteiger partial charge in [-0.1, -0.05) is 6.42 Å². The zero-order valence-electron chi connectivity index (χ0n) is 13.1. The number of carbonyl (C=O) groups excluding carboxylic acids is 1. The molecule has 1 heterocycles. The summed E-state index contributed by atoms with van der Waals surface area (Å²) < 4.78 is 5.34. The fourth-order valence-corrected chi connectivity index (χ4v) is 5.71. The average molecular weight is 292 g/mol. The lowest BCUT2D eigenvalue weighted by atomic mass is 9.79. The second-order valence-corrected chi connectivity index (χ2v) is 7.59. The van der Waals surface area contributed by atoms with Gasteiger partial charge >= 0.3 is 0 Å². The molecule has 0 spiro atoms. The van der Waals surface area contributed by atoms with Gasteiger partial charge in [0.15, 0.2) is 0 Å². The van der Waals surface area contributed by atoms with Crippen LogP contribution in [0.2, 0.25) is 0 Å². The third-order valence-electron chi connectivity index (χ3n) is 6.59. The summed E-state index contributed by atoms with van der Waals surface area (Å²) in [4.78, 5) is 14.5. The molecule has 6 atom stereocenters. The van der Waals surface area contributed by atoms with Crippen LogP contribution in [-0.2, 0) is 9.53 Å². The molecule has 1 N–H and O–H groups in total. The van der Waals surface area contributed by atoms with Crippen molar-refractivity contribution < 1.29 is 9.53 Å². The van der Waals surface area contributed by atoms with Crippen LogP contribution in [0.15, 0.2) is 0 Å². The highest BCUT2D eigenvalue weighted by atomic mass is 16.5. The van der Waals surface area contributed by atoms with Gasteiger partial charge in [-0.05, 0) is 56.3 Å². The van der Waals surface area contributed by atoms with Crippen LogP contribution in [0.1, 0.15) is 39.0 Å². The SMILES string of the molecule is C[C@@H](N[C@@H]1C[C@@H]2C[C@@H]1[C@H]1CCC[C@H]21)C(=O)N1CCOCC1. The van der Waals surface area contributed by atoms with Gasteiger partial charge in [0.1, 0.15) is 0 Å². The van der Waals surface area contributed by atoms with Gasteiger partial charge in [-0.15, -0.1) is 0 Å². The summed E-state index contributed by atoms with van der Waals surface area (Å²) in [7, 11) is 0. The maximum Gasteiger partial charge on any atom is 0.239 e. The molecule has 1 aliphatic heterocycles. The predicted molar refractivity (Wildman–Crippen MR) is 80.8 cm³/mol. The molecule has 0 aromatic heterocycles. The molecule has 21 heavy (non-hydrogen) atoms. The van der Waals surface area contributed by atoms with Crippen LogP contribution >= 0.6 is 0 Å². The zero-order valence-corrected chi connectivity index (χ0v) is 13.1. The monoisotopic (exact) mass is 292 g/mol. The second kappa shape index (κ2) is 5.54. The molecular weight excluding hydrogens is 264 g/mol. The molecule has 0 aromatic carbocycles. The first-order valence-electron chi connectivity index (χ1n) is 8.86. The van der Waals surface area contributed by atoms with Gasteiger partial charge in [0.2, 0.25) is 5.91 Å². The van der Waals surface area contributed by atoms with Crippen LogP contribution in [0.4, 0.5) is 0 Å². The number of fused-ring (bicyclic) bond motifs is 5. The summed E-state index contributed by atoms with van der Waals surface area (Å²) in [6.45, 7) is 4.95. The molecule has 0 radical (unpaired) electrons. The van der Waals surface area contributed by atoms with Crippen LogP contribution in [0.5, 0.6) is 0 Å². The number of hydrogen-bond acceptors (Lipinski definition) is 3. The van der Waals surface area contributed by atoms with Crippen molar-refractivity contribution in [2.45, 2.75) is 51.1 Å². The minimum absolute atomic E-state index is 0.0349.